The Morgan fingerprint density at radius 2 is 1.76 bits per heavy atom. The molecule has 0 fully saturated rings. The number of hydrogen-bond donors (Lipinski definition) is 1. The minimum absolute atomic E-state index is 0.0935. The number of aromatic nitrogens is 3. The summed E-state index contributed by atoms with van der Waals surface area (Å²) in [6.07, 6.45) is 3.52. The molecule has 128 valence electrons. The van der Waals surface area contributed by atoms with Crippen molar-refractivity contribution in [3.8, 4) is 34.3 Å². The van der Waals surface area contributed by atoms with Crippen LogP contribution in [0.25, 0.3) is 22.8 Å². The molecule has 0 radical (unpaired) electrons. The van der Waals surface area contributed by atoms with E-state index in [2.05, 4.69) is 21.9 Å². The van der Waals surface area contributed by atoms with Crippen LogP contribution in [0, 0.1) is 6.92 Å². The van der Waals surface area contributed by atoms with E-state index < -0.39 is 0 Å². The van der Waals surface area contributed by atoms with Crippen LogP contribution in [0.3, 0.4) is 0 Å². The van der Waals surface area contributed by atoms with E-state index in [9.17, 15) is 5.11 Å². The Labute approximate surface area is 147 Å². The number of aromatic hydroxyl groups is 1. The molecule has 1 heterocycles. The molecule has 0 aliphatic carbocycles. The van der Waals surface area contributed by atoms with Gasteiger partial charge in [-0.05, 0) is 31.0 Å². The van der Waals surface area contributed by atoms with E-state index in [4.69, 9.17) is 4.74 Å². The van der Waals surface area contributed by atoms with Gasteiger partial charge in [-0.1, -0.05) is 37.6 Å². The maximum atomic E-state index is 10.3. The first kappa shape index (κ1) is 16.9. The van der Waals surface area contributed by atoms with Crippen LogP contribution in [0.1, 0.15) is 25.3 Å². The Morgan fingerprint density at radius 1 is 1.00 bits per heavy atom. The summed E-state index contributed by atoms with van der Waals surface area (Å²) in [7, 11) is 0. The van der Waals surface area contributed by atoms with Gasteiger partial charge in [0, 0.05) is 11.6 Å². The first-order chi connectivity index (χ1) is 12.2. The smallest absolute Gasteiger partial charge is 0.167 e. The Balaban J connectivity index is 1.90. The van der Waals surface area contributed by atoms with Crippen molar-refractivity contribution in [1.82, 2.24) is 15.0 Å². The quantitative estimate of drug-likeness (QED) is 0.676. The van der Waals surface area contributed by atoms with E-state index in [0.717, 1.165) is 24.0 Å². The van der Waals surface area contributed by atoms with E-state index in [1.807, 2.05) is 37.3 Å². The number of nitrogens with zero attached hydrogens (tertiary/aromatic N) is 3. The third-order valence-corrected chi connectivity index (χ3v) is 3.93. The van der Waals surface area contributed by atoms with Gasteiger partial charge in [-0.15, -0.1) is 0 Å². The van der Waals surface area contributed by atoms with Gasteiger partial charge in [-0.25, -0.2) is 15.0 Å². The molecule has 0 spiro atoms. The summed E-state index contributed by atoms with van der Waals surface area (Å²) in [5.41, 5.74) is 2.59. The van der Waals surface area contributed by atoms with Gasteiger partial charge in [-0.2, -0.15) is 0 Å². The second-order valence-electron chi connectivity index (χ2n) is 5.83. The molecule has 5 nitrogen and oxygen atoms in total. The molecule has 1 aromatic heterocycles. The summed E-state index contributed by atoms with van der Waals surface area (Å²) in [4.78, 5) is 13.0. The first-order valence-electron chi connectivity index (χ1n) is 8.40. The average molecular weight is 335 g/mol. The van der Waals surface area contributed by atoms with E-state index in [0.29, 0.717) is 29.6 Å². The summed E-state index contributed by atoms with van der Waals surface area (Å²) in [6, 6.07) is 13.1. The lowest BCUT2D eigenvalue weighted by atomic mass is 10.1. The van der Waals surface area contributed by atoms with Gasteiger partial charge >= 0.3 is 0 Å². The van der Waals surface area contributed by atoms with Gasteiger partial charge in [-0.3, -0.25) is 0 Å². The first-order valence-corrected chi connectivity index (χ1v) is 8.40. The predicted octanol–water partition coefficient (Wildman–Crippen LogP) is 4.40. The molecule has 0 aliphatic heterocycles. The number of rotatable bonds is 6. The third-order valence-electron chi connectivity index (χ3n) is 3.93. The highest BCUT2D eigenvalue weighted by atomic mass is 16.5. The van der Waals surface area contributed by atoms with Crippen molar-refractivity contribution in [2.75, 3.05) is 6.61 Å². The fourth-order valence-electron chi connectivity index (χ4n) is 2.50. The molecule has 0 atom stereocenters. The van der Waals surface area contributed by atoms with Gasteiger partial charge in [0.25, 0.3) is 0 Å². The second kappa shape index (κ2) is 7.75. The molecule has 25 heavy (non-hydrogen) atoms. The van der Waals surface area contributed by atoms with Crippen LogP contribution in [-0.2, 0) is 0 Å². The Bertz CT molecular complexity index is 865. The number of unbranched alkanes of at least 4 members (excludes halogenated alkanes) is 1. The number of phenolic OH excluding ortho intramolecular Hbond substituents is 1. The van der Waals surface area contributed by atoms with Gasteiger partial charge in [0.15, 0.2) is 11.6 Å². The lowest BCUT2D eigenvalue weighted by Gasteiger charge is -2.09. The summed E-state index contributed by atoms with van der Waals surface area (Å²) in [5.74, 6) is 1.76. The highest BCUT2D eigenvalue weighted by molar-refractivity contribution is 5.67. The number of hydrogen-bond acceptors (Lipinski definition) is 5. The zero-order valence-electron chi connectivity index (χ0n) is 14.4. The van der Waals surface area contributed by atoms with Crippen molar-refractivity contribution < 1.29 is 9.84 Å². The van der Waals surface area contributed by atoms with Crippen molar-refractivity contribution >= 4 is 0 Å². The number of benzene rings is 2. The standard InChI is InChI=1S/C20H21N3O2/c1-3-4-11-25-15-9-10-17(18(24)12-15)20-22-13-21-19(23-20)16-8-6-5-7-14(16)2/h5-10,12-13,24H,3-4,11H2,1-2H3. The zero-order chi connectivity index (χ0) is 17.6. The third kappa shape index (κ3) is 3.94. The topological polar surface area (TPSA) is 68.1 Å². The normalized spacial score (nSPS) is 10.6. The van der Waals surface area contributed by atoms with Crippen molar-refractivity contribution in [3.63, 3.8) is 0 Å². The summed E-state index contributed by atoms with van der Waals surface area (Å²) >= 11 is 0. The van der Waals surface area contributed by atoms with Crippen molar-refractivity contribution in [2.24, 2.45) is 0 Å². The molecular formula is C20H21N3O2. The minimum atomic E-state index is 0.0935. The predicted molar refractivity (Wildman–Crippen MR) is 97.5 cm³/mol. The highest BCUT2D eigenvalue weighted by Crippen LogP contribution is 2.31. The molecular weight excluding hydrogens is 314 g/mol. The monoisotopic (exact) mass is 335 g/mol. The molecule has 3 rings (SSSR count). The van der Waals surface area contributed by atoms with Crippen LogP contribution in [-0.4, -0.2) is 26.7 Å². The molecule has 0 saturated heterocycles. The molecule has 0 unspecified atom stereocenters. The maximum absolute atomic E-state index is 10.3. The van der Waals surface area contributed by atoms with E-state index in [1.54, 1.807) is 12.1 Å². The van der Waals surface area contributed by atoms with E-state index in [1.165, 1.54) is 6.33 Å². The van der Waals surface area contributed by atoms with Crippen LogP contribution in [0.4, 0.5) is 0 Å². The molecule has 3 aromatic rings. The van der Waals surface area contributed by atoms with Crippen LogP contribution in [0.5, 0.6) is 11.5 Å². The molecule has 5 heteroatoms. The fraction of sp³-hybridized carbons (Fsp3) is 0.250. The van der Waals surface area contributed by atoms with Crippen LogP contribution in [0.15, 0.2) is 48.8 Å². The minimum Gasteiger partial charge on any atom is -0.507 e. The fourth-order valence-corrected chi connectivity index (χ4v) is 2.50. The average Bonchev–Trinajstić information content (AvgIpc) is 2.62. The Hall–Kier alpha value is -2.95. The summed E-state index contributed by atoms with van der Waals surface area (Å²) < 4.78 is 5.61. The van der Waals surface area contributed by atoms with E-state index in [-0.39, 0.29) is 5.75 Å². The van der Waals surface area contributed by atoms with Crippen LogP contribution >= 0.6 is 0 Å². The van der Waals surface area contributed by atoms with Gasteiger partial charge in [0.2, 0.25) is 0 Å². The Kier molecular flexibility index (Phi) is 5.23. The number of ether oxygens (including phenoxy) is 1. The zero-order valence-corrected chi connectivity index (χ0v) is 14.4. The van der Waals surface area contributed by atoms with Gasteiger partial charge < -0.3 is 9.84 Å². The highest BCUT2D eigenvalue weighted by Gasteiger charge is 2.12. The van der Waals surface area contributed by atoms with E-state index >= 15 is 0 Å². The molecule has 0 amide bonds. The summed E-state index contributed by atoms with van der Waals surface area (Å²) in [5, 5.41) is 10.3. The molecule has 0 bridgehead atoms. The molecule has 2 aromatic carbocycles. The largest absolute Gasteiger partial charge is 0.507 e. The summed E-state index contributed by atoms with van der Waals surface area (Å²) in [6.45, 7) is 4.76. The number of phenols is 1. The lowest BCUT2D eigenvalue weighted by molar-refractivity contribution is 0.307. The molecule has 0 aliphatic rings. The maximum Gasteiger partial charge on any atom is 0.167 e. The second-order valence-corrected chi connectivity index (χ2v) is 5.83. The lowest BCUT2D eigenvalue weighted by Crippen LogP contribution is -1.98. The molecule has 0 saturated carbocycles. The van der Waals surface area contributed by atoms with Gasteiger partial charge in [0.05, 0.1) is 12.2 Å². The van der Waals surface area contributed by atoms with Crippen LogP contribution in [0.2, 0.25) is 0 Å². The van der Waals surface area contributed by atoms with Crippen LogP contribution < -0.4 is 4.74 Å². The van der Waals surface area contributed by atoms with Crippen molar-refractivity contribution in [2.45, 2.75) is 26.7 Å². The SMILES string of the molecule is CCCCOc1ccc(-c2ncnc(-c3ccccc3C)n2)c(O)c1. The van der Waals surface area contributed by atoms with Gasteiger partial charge in [0.1, 0.15) is 17.8 Å². The molecule has 1 N–H and O–H groups in total. The Morgan fingerprint density at radius 3 is 2.48 bits per heavy atom. The number of aryl methyl sites for hydroxylation is 1. The van der Waals surface area contributed by atoms with Crippen molar-refractivity contribution in [3.05, 3.63) is 54.4 Å². The van der Waals surface area contributed by atoms with Crippen molar-refractivity contribution in [1.29, 1.82) is 0 Å².